The summed E-state index contributed by atoms with van der Waals surface area (Å²) in [7, 11) is 0. The molecule has 28 heavy (non-hydrogen) atoms. The van der Waals surface area contributed by atoms with Crippen LogP contribution in [0.15, 0.2) is 42.5 Å². The van der Waals surface area contributed by atoms with Crippen LogP contribution in [0, 0.1) is 6.92 Å². The maximum Gasteiger partial charge on any atom is 0.261 e. The lowest BCUT2D eigenvalue weighted by molar-refractivity contribution is -0.128. The highest BCUT2D eigenvalue weighted by molar-refractivity contribution is 5.81. The number of nitrogens with one attached hydrogen (secondary N) is 1. The highest BCUT2D eigenvalue weighted by atomic mass is 16.5. The second kappa shape index (κ2) is 7.86. The van der Waals surface area contributed by atoms with Crippen LogP contribution in [0.3, 0.4) is 0 Å². The number of para-hydroxylation sites is 1. The molecular formula is C24H31NO3. The quantitative estimate of drug-likeness (QED) is 0.764. The van der Waals surface area contributed by atoms with Gasteiger partial charge in [0.1, 0.15) is 17.1 Å². The van der Waals surface area contributed by atoms with Crippen molar-refractivity contribution in [1.82, 2.24) is 5.32 Å². The third-order valence-corrected chi connectivity index (χ3v) is 5.15. The van der Waals surface area contributed by atoms with E-state index in [9.17, 15) is 4.79 Å². The van der Waals surface area contributed by atoms with Crippen LogP contribution in [0.25, 0.3) is 0 Å². The van der Waals surface area contributed by atoms with Crippen LogP contribution in [0.4, 0.5) is 0 Å². The molecule has 1 aliphatic heterocycles. The van der Waals surface area contributed by atoms with Crippen LogP contribution < -0.4 is 14.8 Å². The van der Waals surface area contributed by atoms with Crippen molar-refractivity contribution >= 4 is 5.91 Å². The number of carbonyl (C=O) groups is 1. The molecule has 0 aromatic heterocycles. The van der Waals surface area contributed by atoms with Gasteiger partial charge in [-0.1, -0.05) is 49.7 Å². The topological polar surface area (TPSA) is 47.6 Å². The zero-order valence-electron chi connectivity index (χ0n) is 17.7. The molecule has 1 N–H and O–H groups in total. The summed E-state index contributed by atoms with van der Waals surface area (Å²) in [5, 5.41) is 3.18. The van der Waals surface area contributed by atoms with E-state index in [1.165, 1.54) is 0 Å². The third-order valence-electron chi connectivity index (χ3n) is 5.15. The molecule has 0 unspecified atom stereocenters. The van der Waals surface area contributed by atoms with Crippen molar-refractivity contribution in [3.63, 3.8) is 0 Å². The van der Waals surface area contributed by atoms with Gasteiger partial charge in [0.15, 0.2) is 6.10 Å². The third kappa shape index (κ3) is 4.49. The molecule has 0 radical (unpaired) electrons. The van der Waals surface area contributed by atoms with Crippen LogP contribution >= 0.6 is 0 Å². The van der Waals surface area contributed by atoms with E-state index in [4.69, 9.17) is 9.47 Å². The van der Waals surface area contributed by atoms with E-state index in [0.717, 1.165) is 28.2 Å². The molecule has 0 fully saturated rings. The number of hydrogen-bond acceptors (Lipinski definition) is 3. The summed E-state index contributed by atoms with van der Waals surface area (Å²) in [6, 6.07) is 13.9. The Balaban J connectivity index is 1.77. The normalized spacial score (nSPS) is 18.8. The number of hydrogen-bond donors (Lipinski definition) is 1. The molecule has 0 bridgehead atoms. The minimum atomic E-state index is -0.584. The van der Waals surface area contributed by atoms with Gasteiger partial charge in [-0.3, -0.25) is 4.79 Å². The first kappa shape index (κ1) is 20.2. The van der Waals surface area contributed by atoms with Gasteiger partial charge in [0.2, 0.25) is 0 Å². The van der Waals surface area contributed by atoms with Crippen molar-refractivity contribution in [3.8, 4) is 11.5 Å². The van der Waals surface area contributed by atoms with Crippen molar-refractivity contribution in [1.29, 1.82) is 0 Å². The lowest BCUT2D eigenvalue weighted by atomic mass is 9.89. The first-order valence-corrected chi connectivity index (χ1v) is 10.0. The SMILES string of the molecule is Cc1ccc2c(c1)[C@H](NC(=O)[C@H](C)Oc1ccccc1C(C)C)CC(C)(C)O2. The number of carbonyl (C=O) groups excluding carboxylic acids is 1. The van der Waals surface area contributed by atoms with Crippen molar-refractivity contribution in [3.05, 3.63) is 59.2 Å². The van der Waals surface area contributed by atoms with Crippen LogP contribution in [0.1, 0.15) is 69.7 Å². The molecule has 150 valence electrons. The minimum Gasteiger partial charge on any atom is -0.487 e. The van der Waals surface area contributed by atoms with Gasteiger partial charge in [-0.05, 0) is 51.3 Å². The van der Waals surface area contributed by atoms with E-state index < -0.39 is 6.10 Å². The number of aryl methyl sites for hydroxylation is 1. The molecule has 1 heterocycles. The van der Waals surface area contributed by atoms with E-state index in [2.05, 4.69) is 25.2 Å². The predicted molar refractivity (Wildman–Crippen MR) is 112 cm³/mol. The molecule has 0 saturated heterocycles. The number of benzene rings is 2. The Morgan fingerprint density at radius 1 is 1.18 bits per heavy atom. The molecule has 0 aliphatic carbocycles. The number of amides is 1. The van der Waals surface area contributed by atoms with E-state index in [1.54, 1.807) is 6.92 Å². The molecule has 2 atom stereocenters. The molecule has 4 heteroatoms. The summed E-state index contributed by atoms with van der Waals surface area (Å²) >= 11 is 0. The Hall–Kier alpha value is -2.49. The first-order valence-electron chi connectivity index (χ1n) is 10.0. The Bertz CT molecular complexity index is 857. The van der Waals surface area contributed by atoms with Crippen LogP contribution in [-0.4, -0.2) is 17.6 Å². The summed E-state index contributed by atoms with van der Waals surface area (Å²) in [4.78, 5) is 12.9. The van der Waals surface area contributed by atoms with Gasteiger partial charge in [0.05, 0.1) is 6.04 Å². The zero-order chi connectivity index (χ0) is 20.5. The standard InChI is InChI=1S/C24H31NO3/c1-15(2)18-9-7-8-10-21(18)27-17(4)23(26)25-20-14-24(5,6)28-22-12-11-16(3)13-19(20)22/h7-13,15,17,20H,14H2,1-6H3,(H,25,26)/t17-,20+/m0/s1. The Labute approximate surface area is 168 Å². The van der Waals surface area contributed by atoms with Crippen molar-refractivity contribution in [2.24, 2.45) is 0 Å². The summed E-state index contributed by atoms with van der Waals surface area (Å²) in [6.45, 7) is 12.2. The maximum atomic E-state index is 12.9. The first-order chi connectivity index (χ1) is 13.2. The second-order valence-corrected chi connectivity index (χ2v) is 8.62. The predicted octanol–water partition coefficient (Wildman–Crippen LogP) is 5.30. The lowest BCUT2D eigenvalue weighted by Crippen LogP contribution is -2.44. The van der Waals surface area contributed by atoms with Gasteiger partial charge < -0.3 is 14.8 Å². The fraction of sp³-hybridized carbons (Fsp3) is 0.458. The van der Waals surface area contributed by atoms with Crippen LogP contribution in [0.2, 0.25) is 0 Å². The molecule has 2 aromatic carbocycles. The smallest absolute Gasteiger partial charge is 0.261 e. The highest BCUT2D eigenvalue weighted by Gasteiger charge is 2.35. The summed E-state index contributed by atoms with van der Waals surface area (Å²) in [5.74, 6) is 1.82. The van der Waals surface area contributed by atoms with Crippen molar-refractivity contribution in [2.75, 3.05) is 0 Å². The molecule has 1 amide bonds. The van der Waals surface area contributed by atoms with Crippen LogP contribution in [0.5, 0.6) is 11.5 Å². The average Bonchev–Trinajstić information content (AvgIpc) is 2.62. The zero-order valence-corrected chi connectivity index (χ0v) is 17.7. The van der Waals surface area contributed by atoms with Crippen LogP contribution in [-0.2, 0) is 4.79 Å². The van der Waals surface area contributed by atoms with Gasteiger partial charge in [-0.25, -0.2) is 0 Å². The van der Waals surface area contributed by atoms with Gasteiger partial charge in [-0.15, -0.1) is 0 Å². The second-order valence-electron chi connectivity index (χ2n) is 8.62. The Morgan fingerprint density at radius 2 is 1.89 bits per heavy atom. The summed E-state index contributed by atoms with van der Waals surface area (Å²) < 4.78 is 12.1. The molecule has 0 spiro atoms. The largest absolute Gasteiger partial charge is 0.487 e. The average molecular weight is 382 g/mol. The monoisotopic (exact) mass is 381 g/mol. The Kier molecular flexibility index (Phi) is 5.69. The fourth-order valence-corrected chi connectivity index (χ4v) is 3.70. The number of fused-ring (bicyclic) bond motifs is 1. The molecule has 2 aromatic rings. The van der Waals surface area contributed by atoms with Gasteiger partial charge in [0, 0.05) is 12.0 Å². The highest BCUT2D eigenvalue weighted by Crippen LogP contribution is 2.40. The van der Waals surface area contributed by atoms with Gasteiger partial charge in [-0.2, -0.15) is 0 Å². The molecule has 3 rings (SSSR count). The number of rotatable bonds is 5. The molecular weight excluding hydrogens is 350 g/mol. The van der Waals surface area contributed by atoms with E-state index >= 15 is 0 Å². The molecule has 1 aliphatic rings. The van der Waals surface area contributed by atoms with Gasteiger partial charge >= 0.3 is 0 Å². The minimum absolute atomic E-state index is 0.0995. The lowest BCUT2D eigenvalue weighted by Gasteiger charge is -2.38. The van der Waals surface area contributed by atoms with E-state index in [-0.39, 0.29) is 17.6 Å². The number of ether oxygens (including phenoxy) is 2. The van der Waals surface area contributed by atoms with Crippen molar-refractivity contribution < 1.29 is 14.3 Å². The van der Waals surface area contributed by atoms with E-state index in [1.807, 2.05) is 57.2 Å². The molecule has 0 saturated carbocycles. The van der Waals surface area contributed by atoms with E-state index in [0.29, 0.717) is 12.3 Å². The van der Waals surface area contributed by atoms with Crippen molar-refractivity contribution in [2.45, 2.75) is 71.6 Å². The fourth-order valence-electron chi connectivity index (χ4n) is 3.70. The van der Waals surface area contributed by atoms with Gasteiger partial charge in [0.25, 0.3) is 5.91 Å². The maximum absolute atomic E-state index is 12.9. The molecule has 4 nitrogen and oxygen atoms in total. The Morgan fingerprint density at radius 3 is 2.61 bits per heavy atom. The summed E-state index contributed by atoms with van der Waals surface area (Å²) in [6.07, 6.45) is 0.129. The summed E-state index contributed by atoms with van der Waals surface area (Å²) in [5.41, 5.74) is 2.95.